The number of nitrogens with zero attached hydrogens (tertiary/aromatic N) is 2. The van der Waals surface area contributed by atoms with Gasteiger partial charge in [0.05, 0.1) is 10.7 Å². The monoisotopic (exact) mass is 392 g/mol. The third kappa shape index (κ3) is 6.25. The van der Waals surface area contributed by atoms with Gasteiger partial charge >= 0.3 is 0 Å². The van der Waals surface area contributed by atoms with E-state index in [4.69, 9.17) is 47.6 Å². The molecular weight excluding hydrogens is 375 g/mol. The first-order valence-corrected chi connectivity index (χ1v) is 8.53. The van der Waals surface area contributed by atoms with Crippen LogP contribution in [0.15, 0.2) is 18.2 Å². The van der Waals surface area contributed by atoms with E-state index >= 15 is 0 Å². The molecule has 1 aromatic carbocycles. The van der Waals surface area contributed by atoms with E-state index in [1.807, 2.05) is 0 Å². The Morgan fingerprint density at radius 1 is 1.04 bits per heavy atom. The molecule has 0 atom stereocenters. The zero-order valence-corrected chi connectivity index (χ0v) is 15.7. The summed E-state index contributed by atoms with van der Waals surface area (Å²) in [5.41, 5.74) is 9.41. The molecule has 10 heteroatoms. The minimum absolute atomic E-state index is 0.344. The van der Waals surface area contributed by atoms with Gasteiger partial charge in [-0.3, -0.25) is 16.3 Å². The molecule has 0 aliphatic carbocycles. The number of piperazine rings is 1. The van der Waals surface area contributed by atoms with E-state index in [1.165, 1.54) is 0 Å². The summed E-state index contributed by atoms with van der Waals surface area (Å²) >= 11 is 22.3. The van der Waals surface area contributed by atoms with Crippen LogP contribution in [0.2, 0.25) is 10.0 Å². The summed E-state index contributed by atoms with van der Waals surface area (Å²) in [5.74, 6) is 0. The number of thiocarbonyl (C=S) groups is 2. The Hall–Kier alpha value is -0.900. The maximum absolute atomic E-state index is 6.07. The fraction of sp³-hybridized carbons (Fsp3) is 0.385. The van der Waals surface area contributed by atoms with Crippen molar-refractivity contribution in [2.45, 2.75) is 0 Å². The zero-order chi connectivity index (χ0) is 16.8. The van der Waals surface area contributed by atoms with Gasteiger partial charge in [0.25, 0.3) is 0 Å². The van der Waals surface area contributed by atoms with Crippen LogP contribution in [0.3, 0.4) is 0 Å². The molecule has 1 saturated heterocycles. The smallest absolute Gasteiger partial charge is 0.199 e. The van der Waals surface area contributed by atoms with Crippen molar-refractivity contribution < 1.29 is 0 Å². The first kappa shape index (κ1) is 18.4. The minimum Gasteiger partial charge on any atom is -0.330 e. The van der Waals surface area contributed by atoms with Gasteiger partial charge in [-0.25, -0.2) is 5.01 Å². The van der Waals surface area contributed by atoms with Gasteiger partial charge in [0.2, 0.25) is 0 Å². The molecule has 2 rings (SSSR count). The molecule has 0 aromatic heterocycles. The van der Waals surface area contributed by atoms with Crippen LogP contribution in [0.25, 0.3) is 0 Å². The molecule has 0 spiro atoms. The van der Waals surface area contributed by atoms with E-state index < -0.39 is 0 Å². The average Bonchev–Trinajstić information content (AvgIpc) is 2.50. The summed E-state index contributed by atoms with van der Waals surface area (Å²) in [4.78, 5) is 2.27. The molecule has 0 radical (unpaired) electrons. The molecule has 126 valence electrons. The van der Waals surface area contributed by atoms with Crippen LogP contribution < -0.4 is 21.6 Å². The van der Waals surface area contributed by atoms with Gasteiger partial charge < -0.3 is 10.2 Å². The third-order valence-corrected chi connectivity index (χ3v) is 4.18. The van der Waals surface area contributed by atoms with Crippen LogP contribution in [-0.4, -0.2) is 53.4 Å². The molecule has 1 aromatic rings. The molecule has 1 aliphatic rings. The highest BCUT2D eigenvalue weighted by molar-refractivity contribution is 7.80. The molecule has 6 nitrogen and oxygen atoms in total. The number of nitrogens with one attached hydrogen (secondary N) is 4. The molecule has 4 N–H and O–H groups in total. The van der Waals surface area contributed by atoms with Crippen molar-refractivity contribution in [2.75, 3.05) is 38.5 Å². The van der Waals surface area contributed by atoms with Crippen LogP contribution in [0.1, 0.15) is 0 Å². The van der Waals surface area contributed by atoms with E-state index in [9.17, 15) is 0 Å². The predicted molar refractivity (Wildman–Crippen MR) is 104 cm³/mol. The maximum Gasteiger partial charge on any atom is 0.199 e. The number of hydrogen-bond donors (Lipinski definition) is 4. The summed E-state index contributed by atoms with van der Waals surface area (Å²) in [7, 11) is 2.10. The summed E-state index contributed by atoms with van der Waals surface area (Å²) in [6.07, 6.45) is 0. The lowest BCUT2D eigenvalue weighted by molar-refractivity contribution is 0.130. The highest BCUT2D eigenvalue weighted by Crippen LogP contribution is 2.25. The number of hydrogen-bond acceptors (Lipinski definition) is 4. The molecule has 0 bridgehead atoms. The standard InChI is InChI=1S/C13H18Cl2N6S2/c1-20-4-6-21(7-5-20)19-13(23)18-17-12(22)16-11-3-2-9(14)8-10(11)15/h2-3,8H,4-7H2,1H3,(H2,16,17,22)(H2,18,19,23). The van der Waals surface area contributed by atoms with Crippen molar-refractivity contribution in [3.8, 4) is 0 Å². The van der Waals surface area contributed by atoms with E-state index in [1.54, 1.807) is 18.2 Å². The molecule has 1 fully saturated rings. The van der Waals surface area contributed by atoms with E-state index in [-0.39, 0.29) is 0 Å². The second-order valence-corrected chi connectivity index (χ2v) is 6.72. The molecule has 1 heterocycles. The second kappa shape index (κ2) is 8.81. The summed E-state index contributed by atoms with van der Waals surface area (Å²) in [6, 6.07) is 5.12. The topological polar surface area (TPSA) is 54.6 Å². The lowest BCUT2D eigenvalue weighted by Crippen LogP contribution is -2.57. The molecular formula is C13H18Cl2N6S2. The van der Waals surface area contributed by atoms with Gasteiger partial charge in [-0.05, 0) is 49.7 Å². The number of halogens is 2. The highest BCUT2D eigenvalue weighted by atomic mass is 35.5. The van der Waals surface area contributed by atoms with Crippen LogP contribution in [-0.2, 0) is 0 Å². The van der Waals surface area contributed by atoms with Gasteiger partial charge in [0, 0.05) is 31.2 Å². The van der Waals surface area contributed by atoms with Crippen LogP contribution in [0, 0.1) is 0 Å². The normalized spacial score (nSPS) is 15.8. The van der Waals surface area contributed by atoms with Gasteiger partial charge in [0.15, 0.2) is 10.2 Å². The summed E-state index contributed by atoms with van der Waals surface area (Å²) < 4.78 is 0. The lowest BCUT2D eigenvalue weighted by Gasteiger charge is -2.33. The Kier molecular flexibility index (Phi) is 7.07. The third-order valence-electron chi connectivity index (χ3n) is 3.23. The first-order chi connectivity index (χ1) is 10.9. The number of hydrazine groups is 2. The maximum atomic E-state index is 6.07. The van der Waals surface area contributed by atoms with Crippen LogP contribution >= 0.6 is 47.6 Å². The van der Waals surface area contributed by atoms with E-state index in [0.717, 1.165) is 26.2 Å². The molecule has 1 aliphatic heterocycles. The van der Waals surface area contributed by atoms with Crippen LogP contribution in [0.4, 0.5) is 5.69 Å². The number of benzene rings is 1. The fourth-order valence-corrected chi connectivity index (χ4v) is 2.74. The minimum atomic E-state index is 0.344. The van der Waals surface area contributed by atoms with Gasteiger partial charge in [-0.1, -0.05) is 23.2 Å². The average molecular weight is 393 g/mol. The van der Waals surface area contributed by atoms with E-state index in [2.05, 4.69) is 38.6 Å². The zero-order valence-electron chi connectivity index (χ0n) is 12.5. The van der Waals surface area contributed by atoms with Crippen molar-refractivity contribution in [3.05, 3.63) is 28.2 Å². The van der Waals surface area contributed by atoms with Crippen molar-refractivity contribution in [1.82, 2.24) is 26.2 Å². The SMILES string of the molecule is CN1CCN(NC(=S)NNC(=S)Nc2ccc(Cl)cc2Cl)CC1. The quantitative estimate of drug-likeness (QED) is 0.449. The Bertz CT molecular complexity index is 578. The van der Waals surface area contributed by atoms with Gasteiger partial charge in [-0.15, -0.1) is 0 Å². The largest absolute Gasteiger partial charge is 0.330 e. The molecule has 0 unspecified atom stereocenters. The Balaban J connectivity index is 1.72. The molecule has 0 saturated carbocycles. The van der Waals surface area contributed by atoms with Gasteiger partial charge in [-0.2, -0.15) is 0 Å². The number of anilines is 1. The Morgan fingerprint density at radius 2 is 1.70 bits per heavy atom. The van der Waals surface area contributed by atoms with Crippen molar-refractivity contribution >= 4 is 63.5 Å². The van der Waals surface area contributed by atoms with Crippen molar-refractivity contribution in [2.24, 2.45) is 0 Å². The number of rotatable bonds is 2. The van der Waals surface area contributed by atoms with Gasteiger partial charge in [0.1, 0.15) is 0 Å². The summed E-state index contributed by atoms with van der Waals surface area (Å²) in [5, 5.41) is 6.86. The highest BCUT2D eigenvalue weighted by Gasteiger charge is 2.14. The molecule has 0 amide bonds. The van der Waals surface area contributed by atoms with Crippen molar-refractivity contribution in [1.29, 1.82) is 0 Å². The Morgan fingerprint density at radius 3 is 2.35 bits per heavy atom. The summed E-state index contributed by atoms with van der Waals surface area (Å²) in [6.45, 7) is 3.80. The molecule has 23 heavy (non-hydrogen) atoms. The Labute approximate surface area is 156 Å². The number of likely N-dealkylation sites (N-methyl/N-ethyl adjacent to an activating group) is 1. The van der Waals surface area contributed by atoms with E-state index in [0.29, 0.717) is 26.0 Å². The first-order valence-electron chi connectivity index (χ1n) is 6.96. The van der Waals surface area contributed by atoms with Crippen molar-refractivity contribution in [3.63, 3.8) is 0 Å². The fourth-order valence-electron chi connectivity index (χ4n) is 1.95. The second-order valence-electron chi connectivity index (χ2n) is 5.06. The predicted octanol–water partition coefficient (Wildman–Crippen LogP) is 1.82. The van der Waals surface area contributed by atoms with Crippen LogP contribution in [0.5, 0.6) is 0 Å². The lowest BCUT2D eigenvalue weighted by atomic mass is 10.3.